The van der Waals surface area contributed by atoms with Crippen molar-refractivity contribution in [3.8, 4) is 0 Å². The Kier molecular flexibility index (Phi) is 43.2. The molecule has 0 aliphatic heterocycles. The van der Waals surface area contributed by atoms with E-state index in [2.05, 4.69) is 6.58 Å². The van der Waals surface area contributed by atoms with Gasteiger partial charge in [0.25, 0.3) is 23.9 Å². The fraction of sp³-hybridized carbons (Fsp3) is 0.267. The Morgan fingerprint density at radius 2 is 0.586 bits per heavy atom. The van der Waals surface area contributed by atoms with Crippen molar-refractivity contribution in [1.82, 2.24) is 0 Å². The Morgan fingerprint density at radius 3 is 0.621 bits per heavy atom. The molecule has 0 aromatic rings. The van der Waals surface area contributed by atoms with Gasteiger partial charge < -0.3 is 35.7 Å². The topological polar surface area (TPSA) is 261 Å². The first-order valence-electron chi connectivity index (χ1n) is 6.60. The molecule has 0 aliphatic carbocycles. The second-order valence-electron chi connectivity index (χ2n) is 3.63. The molecular formula is C15H24O14. The zero-order valence-electron chi connectivity index (χ0n) is 15.9. The van der Waals surface area contributed by atoms with Crippen molar-refractivity contribution in [2.24, 2.45) is 0 Å². The van der Waals surface area contributed by atoms with Crippen LogP contribution in [0.3, 0.4) is 0 Å². The number of hydrogen-bond acceptors (Lipinski definition) is 7. The van der Waals surface area contributed by atoms with Crippen molar-refractivity contribution in [2.45, 2.75) is 27.7 Å². The van der Waals surface area contributed by atoms with Gasteiger partial charge in [-0.3, -0.25) is 19.2 Å². The van der Waals surface area contributed by atoms with Crippen LogP contribution >= 0.6 is 0 Å². The van der Waals surface area contributed by atoms with Gasteiger partial charge in [0.15, 0.2) is 0 Å². The molecule has 0 aromatic heterocycles. The van der Waals surface area contributed by atoms with E-state index in [4.69, 9.17) is 54.9 Å². The summed E-state index contributed by atoms with van der Waals surface area (Å²) in [6.07, 6.45) is 1.95. The van der Waals surface area contributed by atoms with Crippen LogP contribution in [-0.4, -0.2) is 77.5 Å². The zero-order chi connectivity index (χ0) is 25.2. The number of hydrogen-bond donors (Lipinski definition) is 7. The van der Waals surface area contributed by atoms with E-state index in [-0.39, 0.29) is 0 Å². The van der Waals surface area contributed by atoms with Crippen LogP contribution in [0, 0.1) is 0 Å². The molecular weight excluding hydrogens is 404 g/mol. The number of aliphatic carboxylic acids is 7. The molecule has 7 N–H and O–H groups in total. The lowest BCUT2D eigenvalue weighted by atomic mass is 10.5. The van der Waals surface area contributed by atoms with Gasteiger partial charge in [0.1, 0.15) is 0 Å². The minimum Gasteiger partial charge on any atom is -0.481 e. The lowest BCUT2D eigenvalue weighted by Gasteiger charge is -1.74. The van der Waals surface area contributed by atoms with Crippen LogP contribution in [0.5, 0.6) is 0 Å². The van der Waals surface area contributed by atoms with Gasteiger partial charge in [-0.1, -0.05) is 6.58 Å². The first-order chi connectivity index (χ1) is 12.8. The average molecular weight is 428 g/mol. The summed E-state index contributed by atoms with van der Waals surface area (Å²) in [7, 11) is 0. The molecule has 0 spiro atoms. The highest BCUT2D eigenvalue weighted by molar-refractivity contribution is 5.89. The molecule has 14 heteroatoms. The Labute approximate surface area is 164 Å². The Hall–Kier alpha value is -4.23. The Bertz CT molecular complexity index is 479. The van der Waals surface area contributed by atoms with Crippen molar-refractivity contribution < 1.29 is 69.3 Å². The van der Waals surface area contributed by atoms with Gasteiger partial charge in [0.2, 0.25) is 0 Å². The average Bonchev–Trinajstić information content (AvgIpc) is 2.43. The lowest BCUT2D eigenvalue weighted by molar-refractivity contribution is -0.135. The highest BCUT2D eigenvalue weighted by Crippen LogP contribution is 1.70. The molecule has 168 valence electrons. The molecule has 0 radical (unpaired) electrons. The summed E-state index contributed by atoms with van der Waals surface area (Å²) in [5, 5.41) is 52.9. The third-order valence-corrected chi connectivity index (χ3v) is 0.543. The van der Waals surface area contributed by atoms with Gasteiger partial charge in [-0.25, -0.2) is 14.4 Å². The second-order valence-corrected chi connectivity index (χ2v) is 3.63. The Balaban J connectivity index is -0.0000000563. The van der Waals surface area contributed by atoms with Crippen LogP contribution in [0.4, 0.5) is 0 Å². The molecule has 0 amide bonds. The van der Waals surface area contributed by atoms with Crippen LogP contribution in [-0.2, 0) is 33.6 Å². The van der Waals surface area contributed by atoms with E-state index in [1.54, 1.807) is 0 Å². The van der Waals surface area contributed by atoms with E-state index in [1.165, 1.54) is 0 Å². The van der Waals surface area contributed by atoms with Gasteiger partial charge in [-0.15, -0.1) is 0 Å². The summed E-state index contributed by atoms with van der Waals surface area (Å²) < 4.78 is 0. The van der Waals surface area contributed by atoms with Crippen LogP contribution in [0.1, 0.15) is 27.7 Å². The predicted octanol–water partition coefficient (Wildman–Crippen LogP) is 0.332. The van der Waals surface area contributed by atoms with E-state index in [0.29, 0.717) is 12.2 Å². The molecule has 14 nitrogen and oxygen atoms in total. The normalized spacial score (nSPS) is 7.17. The molecule has 0 saturated heterocycles. The number of rotatable bonds is 3. The fourth-order valence-electron chi connectivity index (χ4n) is 0.143. The van der Waals surface area contributed by atoms with E-state index in [9.17, 15) is 14.4 Å². The number of carboxylic acid groups (broad SMARTS) is 7. The summed E-state index contributed by atoms with van der Waals surface area (Å²) in [6, 6.07) is 0. The molecule has 0 aliphatic rings. The van der Waals surface area contributed by atoms with Crippen LogP contribution in [0.15, 0.2) is 24.8 Å². The van der Waals surface area contributed by atoms with E-state index in [0.717, 1.165) is 33.8 Å². The minimum absolute atomic E-state index is 0.558. The van der Waals surface area contributed by atoms with Gasteiger partial charge >= 0.3 is 17.9 Å². The van der Waals surface area contributed by atoms with E-state index >= 15 is 0 Å². The van der Waals surface area contributed by atoms with Crippen molar-refractivity contribution >= 4 is 41.8 Å². The zero-order valence-corrected chi connectivity index (χ0v) is 15.9. The monoisotopic (exact) mass is 428 g/mol. The van der Waals surface area contributed by atoms with Gasteiger partial charge in [0, 0.05) is 45.9 Å². The second kappa shape index (κ2) is 31.5. The summed E-state index contributed by atoms with van der Waals surface area (Å²) in [5.74, 6) is -6.83. The molecule has 0 unspecified atom stereocenters. The molecule has 0 atom stereocenters. The van der Waals surface area contributed by atoms with Crippen molar-refractivity contribution in [2.75, 3.05) is 0 Å². The molecule has 0 fully saturated rings. The van der Waals surface area contributed by atoms with Crippen LogP contribution < -0.4 is 0 Å². The predicted molar refractivity (Wildman–Crippen MR) is 95.5 cm³/mol. The molecule has 29 heavy (non-hydrogen) atoms. The summed E-state index contributed by atoms with van der Waals surface area (Å²) in [4.78, 5) is 64.4. The molecule has 0 heterocycles. The number of carbonyl (C=O) groups is 7. The van der Waals surface area contributed by atoms with Crippen LogP contribution in [0.2, 0.25) is 0 Å². The third-order valence-electron chi connectivity index (χ3n) is 0.543. The van der Waals surface area contributed by atoms with Gasteiger partial charge in [-0.05, 0) is 0 Å². The Morgan fingerprint density at radius 1 is 0.483 bits per heavy atom. The summed E-state index contributed by atoms with van der Waals surface area (Å²) in [6.45, 7) is 7.29. The highest BCUT2D eigenvalue weighted by atomic mass is 16.4. The van der Waals surface area contributed by atoms with E-state index < -0.39 is 41.8 Å². The quantitative estimate of drug-likeness (QED) is 0.299. The lowest BCUT2D eigenvalue weighted by Crippen LogP contribution is -1.91. The SMILES string of the molecule is C=CC(=O)O.CC(=O)O.CC(=O)O.CC(=O)O.CC(=O)O.O=C(O)/C=C\C(=O)O. The smallest absolute Gasteiger partial charge is 0.328 e. The maximum atomic E-state index is 9.55. The van der Waals surface area contributed by atoms with Crippen molar-refractivity contribution in [3.05, 3.63) is 24.8 Å². The first-order valence-corrected chi connectivity index (χ1v) is 6.60. The molecule has 0 aromatic carbocycles. The molecule has 0 bridgehead atoms. The maximum absolute atomic E-state index is 9.55. The third kappa shape index (κ3) is 1470. The fourth-order valence-corrected chi connectivity index (χ4v) is 0.143. The maximum Gasteiger partial charge on any atom is 0.328 e. The van der Waals surface area contributed by atoms with Crippen LogP contribution in [0.25, 0.3) is 0 Å². The summed E-state index contributed by atoms with van der Waals surface area (Å²) in [5.41, 5.74) is 0. The van der Waals surface area contributed by atoms with Crippen molar-refractivity contribution in [1.29, 1.82) is 0 Å². The molecule has 0 saturated carbocycles. The highest BCUT2D eigenvalue weighted by Gasteiger charge is 1.88. The van der Waals surface area contributed by atoms with Crippen molar-refractivity contribution in [3.63, 3.8) is 0 Å². The molecule has 0 rings (SSSR count). The largest absolute Gasteiger partial charge is 0.481 e. The van der Waals surface area contributed by atoms with E-state index in [1.807, 2.05) is 0 Å². The minimum atomic E-state index is -1.26. The first kappa shape index (κ1) is 39.7. The standard InChI is InChI=1S/C4H4O4.C3H4O2.4C2H4O2/c5-3(6)1-2-4(7)8;1-2-3(4)5;4*1-2(3)4/h1-2H,(H,5,6)(H,7,8);2H,1H2,(H,4,5);4*1H3,(H,3,4)/b2-1-;;;;;. The van der Waals surface area contributed by atoms with Gasteiger partial charge in [0.05, 0.1) is 0 Å². The number of carboxylic acids is 7. The van der Waals surface area contributed by atoms with Gasteiger partial charge in [-0.2, -0.15) is 0 Å². The summed E-state index contributed by atoms with van der Waals surface area (Å²) >= 11 is 0.